The van der Waals surface area contributed by atoms with E-state index in [2.05, 4.69) is 0 Å². The summed E-state index contributed by atoms with van der Waals surface area (Å²) >= 11 is 1.49. The van der Waals surface area contributed by atoms with Crippen LogP contribution in [0.2, 0.25) is 0 Å². The third-order valence-electron chi connectivity index (χ3n) is 5.86. The Balaban J connectivity index is 1.46. The van der Waals surface area contributed by atoms with Crippen LogP contribution in [-0.2, 0) is 20.7 Å². The Labute approximate surface area is 206 Å². The summed E-state index contributed by atoms with van der Waals surface area (Å²) in [5.41, 5.74) is 3.21. The first-order valence-corrected chi connectivity index (χ1v) is 13.9. The normalized spacial score (nSPS) is 16.3. The van der Waals surface area contributed by atoms with E-state index in [1.54, 1.807) is 16.6 Å². The van der Waals surface area contributed by atoms with Gasteiger partial charge >= 0.3 is 0 Å². The number of anilines is 3. The molecule has 0 saturated carbocycles. The summed E-state index contributed by atoms with van der Waals surface area (Å²) < 4.78 is 43.3. The molecule has 1 aromatic carbocycles. The molecule has 9 nitrogen and oxygen atoms in total. The number of halogens is 1. The maximum absolute atomic E-state index is 13.3. The van der Waals surface area contributed by atoms with Gasteiger partial charge in [0, 0.05) is 31.1 Å². The third-order valence-corrected chi connectivity index (χ3v) is 7.40. The maximum atomic E-state index is 13.3. The number of nitrogens with zero attached hydrogens (tertiary/aromatic N) is 6. The molecule has 0 bridgehead atoms. The first kappa shape index (κ1) is 23.6. The van der Waals surface area contributed by atoms with E-state index in [1.165, 1.54) is 23.5 Å². The zero-order valence-electron chi connectivity index (χ0n) is 19.5. The van der Waals surface area contributed by atoms with E-state index in [4.69, 9.17) is 19.2 Å². The molecular formula is C23H25FN6O3S2. The van der Waals surface area contributed by atoms with E-state index >= 15 is 0 Å². The molecule has 0 radical (unpaired) electrons. The van der Waals surface area contributed by atoms with Crippen LogP contribution in [0.4, 0.5) is 21.2 Å². The molecule has 1 aliphatic heterocycles. The lowest BCUT2D eigenvalue weighted by Gasteiger charge is -2.19. The van der Waals surface area contributed by atoms with Crippen molar-refractivity contribution < 1.29 is 17.0 Å². The van der Waals surface area contributed by atoms with Gasteiger partial charge in [-0.05, 0) is 49.2 Å². The topological polar surface area (TPSA) is 92.9 Å². The zero-order chi connectivity index (χ0) is 24.7. The van der Waals surface area contributed by atoms with Crippen LogP contribution in [0.1, 0.15) is 19.0 Å². The highest BCUT2D eigenvalue weighted by molar-refractivity contribution is 7.86. The zero-order valence-corrected chi connectivity index (χ0v) is 21.2. The smallest absolute Gasteiger partial charge is 0.264 e. The minimum atomic E-state index is -3.51. The Kier molecular flexibility index (Phi) is 6.20. The second-order valence-electron chi connectivity index (χ2n) is 8.44. The Morgan fingerprint density at radius 2 is 1.97 bits per heavy atom. The number of aromatic nitrogens is 4. The summed E-state index contributed by atoms with van der Waals surface area (Å²) in [5, 5.41) is 7.55. The van der Waals surface area contributed by atoms with Gasteiger partial charge in [-0.25, -0.2) is 14.4 Å². The quantitative estimate of drug-likeness (QED) is 0.342. The van der Waals surface area contributed by atoms with Crippen molar-refractivity contribution in [3.05, 3.63) is 53.3 Å². The molecule has 35 heavy (non-hydrogen) atoms. The molecule has 1 unspecified atom stereocenters. The van der Waals surface area contributed by atoms with Gasteiger partial charge in [0.1, 0.15) is 11.6 Å². The first-order valence-electron chi connectivity index (χ1n) is 11.2. The molecule has 1 aliphatic rings. The van der Waals surface area contributed by atoms with E-state index in [-0.39, 0.29) is 11.9 Å². The van der Waals surface area contributed by atoms with Crippen LogP contribution >= 0.6 is 11.3 Å². The standard InChI is InChI=1S/C23H25FN6O3S2/c1-4-18-22(28(2)23-26-19(14-34-23)15-5-7-16(24)8-6-15)30-20(25-18)9-10-21(27-30)29-12-11-17(13-29)33-35(3,31)32/h5-10,14,17H,4,11-13H2,1-3H3. The van der Waals surface area contributed by atoms with Crippen LogP contribution in [0.25, 0.3) is 16.9 Å². The fourth-order valence-corrected chi connectivity index (χ4v) is 5.68. The Bertz CT molecular complexity index is 1470. The van der Waals surface area contributed by atoms with Gasteiger partial charge in [-0.15, -0.1) is 16.4 Å². The van der Waals surface area contributed by atoms with E-state index in [0.29, 0.717) is 31.6 Å². The number of hydrogen-bond donors (Lipinski definition) is 0. The summed E-state index contributed by atoms with van der Waals surface area (Å²) in [6.07, 6.45) is 2.00. The average molecular weight is 517 g/mol. The molecule has 5 rings (SSSR count). The number of imidazole rings is 1. The predicted molar refractivity (Wildman–Crippen MR) is 134 cm³/mol. The van der Waals surface area contributed by atoms with Crippen LogP contribution in [0, 0.1) is 5.82 Å². The van der Waals surface area contributed by atoms with Gasteiger partial charge in [0.05, 0.1) is 23.7 Å². The fourth-order valence-electron chi connectivity index (χ4n) is 4.22. The van der Waals surface area contributed by atoms with Crippen molar-refractivity contribution >= 4 is 43.9 Å². The minimum absolute atomic E-state index is 0.284. The molecule has 184 valence electrons. The van der Waals surface area contributed by atoms with Gasteiger partial charge in [0.25, 0.3) is 10.1 Å². The molecule has 1 saturated heterocycles. The van der Waals surface area contributed by atoms with E-state index in [9.17, 15) is 12.8 Å². The van der Waals surface area contributed by atoms with Crippen LogP contribution in [0.3, 0.4) is 0 Å². The highest BCUT2D eigenvalue weighted by Crippen LogP contribution is 2.34. The number of aryl methyl sites for hydroxylation is 1. The highest BCUT2D eigenvalue weighted by atomic mass is 32.2. The average Bonchev–Trinajstić information content (AvgIpc) is 3.56. The molecule has 3 aromatic heterocycles. The highest BCUT2D eigenvalue weighted by Gasteiger charge is 2.28. The second-order valence-corrected chi connectivity index (χ2v) is 10.9. The Morgan fingerprint density at radius 3 is 2.69 bits per heavy atom. The van der Waals surface area contributed by atoms with Crippen molar-refractivity contribution in [2.45, 2.75) is 25.9 Å². The van der Waals surface area contributed by atoms with Crippen LogP contribution in [-0.4, -0.2) is 60.5 Å². The summed E-state index contributed by atoms with van der Waals surface area (Å²) in [5.74, 6) is 1.25. The number of thiazole rings is 1. The minimum Gasteiger partial charge on any atom is -0.352 e. The largest absolute Gasteiger partial charge is 0.352 e. The lowest BCUT2D eigenvalue weighted by atomic mass is 10.2. The second kappa shape index (κ2) is 9.17. The molecule has 1 atom stereocenters. The summed E-state index contributed by atoms with van der Waals surface area (Å²) in [7, 11) is -1.58. The third kappa shape index (κ3) is 4.86. The van der Waals surface area contributed by atoms with E-state index < -0.39 is 10.1 Å². The fraction of sp³-hybridized carbons (Fsp3) is 0.348. The molecule has 4 aromatic rings. The van der Waals surface area contributed by atoms with Crippen molar-refractivity contribution in [1.82, 2.24) is 19.6 Å². The molecule has 0 amide bonds. The molecule has 4 heterocycles. The van der Waals surface area contributed by atoms with Gasteiger partial charge in [0.15, 0.2) is 16.6 Å². The van der Waals surface area contributed by atoms with Gasteiger partial charge in [-0.2, -0.15) is 12.9 Å². The monoisotopic (exact) mass is 516 g/mol. The first-order chi connectivity index (χ1) is 16.7. The predicted octanol–water partition coefficient (Wildman–Crippen LogP) is 3.88. The molecule has 1 fully saturated rings. The summed E-state index contributed by atoms with van der Waals surface area (Å²) in [6.45, 7) is 3.13. The van der Waals surface area contributed by atoms with E-state index in [1.807, 2.05) is 41.3 Å². The van der Waals surface area contributed by atoms with Gasteiger partial charge in [-0.3, -0.25) is 4.18 Å². The molecular weight excluding hydrogens is 491 g/mol. The number of rotatable bonds is 7. The molecule has 12 heteroatoms. The lowest BCUT2D eigenvalue weighted by Crippen LogP contribution is -2.25. The van der Waals surface area contributed by atoms with Gasteiger partial charge < -0.3 is 9.80 Å². The van der Waals surface area contributed by atoms with Crippen LogP contribution < -0.4 is 9.80 Å². The molecule has 0 N–H and O–H groups in total. The van der Waals surface area contributed by atoms with Crippen LogP contribution in [0.5, 0.6) is 0 Å². The molecule has 0 aliphatic carbocycles. The number of benzene rings is 1. The number of hydrogen-bond acceptors (Lipinski definition) is 9. The van der Waals surface area contributed by atoms with Crippen molar-refractivity contribution in [2.75, 3.05) is 36.2 Å². The Morgan fingerprint density at radius 1 is 1.20 bits per heavy atom. The summed E-state index contributed by atoms with van der Waals surface area (Å²) in [4.78, 5) is 13.5. The summed E-state index contributed by atoms with van der Waals surface area (Å²) in [6, 6.07) is 10.1. The lowest BCUT2D eigenvalue weighted by molar-refractivity contribution is 0.234. The van der Waals surface area contributed by atoms with E-state index in [0.717, 1.165) is 40.0 Å². The van der Waals surface area contributed by atoms with Crippen molar-refractivity contribution in [2.24, 2.45) is 0 Å². The van der Waals surface area contributed by atoms with Crippen molar-refractivity contribution in [3.8, 4) is 11.3 Å². The SMILES string of the molecule is CCc1nc2ccc(N3CCC(OS(C)(=O)=O)C3)nn2c1N(C)c1nc(-c2ccc(F)cc2)cs1. The van der Waals surface area contributed by atoms with Crippen LogP contribution in [0.15, 0.2) is 41.8 Å². The maximum Gasteiger partial charge on any atom is 0.264 e. The van der Waals surface area contributed by atoms with Crippen molar-refractivity contribution in [3.63, 3.8) is 0 Å². The van der Waals surface area contributed by atoms with Crippen molar-refractivity contribution in [1.29, 1.82) is 0 Å². The number of fused-ring (bicyclic) bond motifs is 1. The molecule has 0 spiro atoms. The van der Waals surface area contributed by atoms with Gasteiger partial charge in [-0.1, -0.05) is 6.92 Å². The Hall–Kier alpha value is -3.09. The van der Waals surface area contributed by atoms with Gasteiger partial charge in [0.2, 0.25) is 0 Å².